The van der Waals surface area contributed by atoms with Crippen LogP contribution in [0.2, 0.25) is 0 Å². The van der Waals surface area contributed by atoms with Crippen molar-refractivity contribution in [2.45, 2.75) is 69.9 Å². The van der Waals surface area contributed by atoms with Crippen molar-refractivity contribution in [1.29, 1.82) is 0 Å². The van der Waals surface area contributed by atoms with Crippen molar-refractivity contribution >= 4 is 5.91 Å². The summed E-state index contributed by atoms with van der Waals surface area (Å²) >= 11 is 0. The molecule has 4 nitrogen and oxygen atoms in total. The van der Waals surface area contributed by atoms with Crippen molar-refractivity contribution in [3.8, 4) is 0 Å². The van der Waals surface area contributed by atoms with Gasteiger partial charge < -0.3 is 15.8 Å². The van der Waals surface area contributed by atoms with E-state index < -0.39 is 0 Å². The van der Waals surface area contributed by atoms with Gasteiger partial charge in [-0.25, -0.2) is 0 Å². The lowest BCUT2D eigenvalue weighted by molar-refractivity contribution is -0.122. The second-order valence-corrected chi connectivity index (χ2v) is 7.40. The Morgan fingerprint density at radius 2 is 1.90 bits per heavy atom. The molecule has 3 saturated carbocycles. The minimum absolute atomic E-state index is 0.224. The molecule has 3 rings (SSSR count). The summed E-state index contributed by atoms with van der Waals surface area (Å²) in [6.45, 7) is 1.30. The fourth-order valence-corrected chi connectivity index (χ4v) is 4.61. The monoisotopic (exact) mass is 294 g/mol. The molecule has 1 amide bonds. The summed E-state index contributed by atoms with van der Waals surface area (Å²) in [7, 11) is 0. The largest absolute Gasteiger partial charge is 0.376 e. The summed E-state index contributed by atoms with van der Waals surface area (Å²) in [4.78, 5) is 12.0. The van der Waals surface area contributed by atoms with Crippen molar-refractivity contribution in [3.63, 3.8) is 0 Å². The second kappa shape index (κ2) is 7.10. The predicted octanol–water partition coefficient (Wildman–Crippen LogP) is 2.22. The van der Waals surface area contributed by atoms with Gasteiger partial charge in [0.15, 0.2) is 0 Å². The lowest BCUT2D eigenvalue weighted by atomic mass is 9.86. The number of amides is 1. The smallest absolute Gasteiger partial charge is 0.220 e. The van der Waals surface area contributed by atoms with Crippen LogP contribution in [0, 0.1) is 17.8 Å². The minimum atomic E-state index is 0.224. The highest BCUT2D eigenvalue weighted by Gasteiger charge is 2.39. The minimum Gasteiger partial charge on any atom is -0.376 e. The van der Waals surface area contributed by atoms with Crippen LogP contribution >= 0.6 is 0 Å². The average molecular weight is 294 g/mol. The van der Waals surface area contributed by atoms with E-state index in [9.17, 15) is 4.79 Å². The Bertz CT molecular complexity index is 353. The topological polar surface area (TPSA) is 64.3 Å². The molecule has 4 heteroatoms. The number of carbonyl (C=O) groups is 1. The molecule has 2 bridgehead atoms. The number of ether oxygens (including phenoxy) is 1. The van der Waals surface area contributed by atoms with Crippen molar-refractivity contribution < 1.29 is 9.53 Å². The average Bonchev–Trinajstić information content (AvgIpc) is 3.08. The van der Waals surface area contributed by atoms with E-state index in [4.69, 9.17) is 10.5 Å². The zero-order chi connectivity index (χ0) is 14.7. The molecule has 3 unspecified atom stereocenters. The summed E-state index contributed by atoms with van der Waals surface area (Å²) in [5, 5.41) is 3.03. The Morgan fingerprint density at radius 3 is 2.57 bits per heavy atom. The molecule has 3 atom stereocenters. The van der Waals surface area contributed by atoms with Gasteiger partial charge in [-0.05, 0) is 62.7 Å². The van der Waals surface area contributed by atoms with E-state index in [1.54, 1.807) is 0 Å². The first-order valence-electron chi connectivity index (χ1n) is 8.84. The number of hydrogen-bond donors (Lipinski definition) is 2. The Balaban J connectivity index is 1.25. The van der Waals surface area contributed by atoms with Gasteiger partial charge in [0.2, 0.25) is 5.91 Å². The van der Waals surface area contributed by atoms with Crippen LogP contribution in [-0.4, -0.2) is 31.2 Å². The van der Waals surface area contributed by atoms with Crippen LogP contribution in [0.1, 0.15) is 57.8 Å². The number of fused-ring (bicyclic) bond motifs is 2. The van der Waals surface area contributed by atoms with Gasteiger partial charge in [-0.3, -0.25) is 4.79 Å². The predicted molar refractivity (Wildman–Crippen MR) is 82.7 cm³/mol. The van der Waals surface area contributed by atoms with Crippen molar-refractivity contribution in [1.82, 2.24) is 5.32 Å². The van der Waals surface area contributed by atoms with E-state index >= 15 is 0 Å². The summed E-state index contributed by atoms with van der Waals surface area (Å²) in [5.41, 5.74) is 5.88. The molecular weight excluding hydrogens is 264 g/mol. The van der Waals surface area contributed by atoms with Gasteiger partial charge in [-0.1, -0.05) is 6.42 Å². The Hall–Kier alpha value is -0.610. The van der Waals surface area contributed by atoms with E-state index in [0.29, 0.717) is 31.2 Å². The standard InChI is InChI=1S/C17H30N2O2/c18-15-3-5-16(6-4-15)21-8-7-19-17(20)11-14-10-12-1-2-13(14)9-12/h12-16H,1-11,18H2,(H,19,20). The van der Waals surface area contributed by atoms with Crippen LogP contribution in [0.15, 0.2) is 0 Å². The molecule has 0 aromatic rings. The third-order valence-electron chi connectivity index (χ3n) is 5.83. The lowest BCUT2D eigenvalue weighted by Crippen LogP contribution is -2.33. The van der Waals surface area contributed by atoms with Crippen LogP contribution in [-0.2, 0) is 9.53 Å². The molecule has 3 aliphatic rings. The van der Waals surface area contributed by atoms with Gasteiger partial charge in [0, 0.05) is 19.0 Å². The second-order valence-electron chi connectivity index (χ2n) is 7.40. The highest BCUT2D eigenvalue weighted by molar-refractivity contribution is 5.76. The lowest BCUT2D eigenvalue weighted by Gasteiger charge is -2.26. The molecule has 0 heterocycles. The molecule has 21 heavy (non-hydrogen) atoms. The van der Waals surface area contributed by atoms with Crippen molar-refractivity contribution in [2.24, 2.45) is 23.5 Å². The molecular formula is C17H30N2O2. The van der Waals surface area contributed by atoms with Gasteiger partial charge in [-0.15, -0.1) is 0 Å². The quantitative estimate of drug-likeness (QED) is 0.738. The molecule has 0 radical (unpaired) electrons. The number of rotatable bonds is 6. The Kier molecular flexibility index (Phi) is 5.17. The number of hydrogen-bond acceptors (Lipinski definition) is 3. The van der Waals surface area contributed by atoms with Crippen LogP contribution in [0.3, 0.4) is 0 Å². The Labute approximate surface area is 128 Å². The van der Waals surface area contributed by atoms with Crippen molar-refractivity contribution in [3.05, 3.63) is 0 Å². The van der Waals surface area contributed by atoms with Crippen LogP contribution in [0.5, 0.6) is 0 Å². The first kappa shape index (κ1) is 15.3. The van der Waals surface area contributed by atoms with Gasteiger partial charge in [0.1, 0.15) is 0 Å². The summed E-state index contributed by atoms with van der Waals surface area (Å²) in [6.07, 6.45) is 10.8. The van der Waals surface area contributed by atoms with E-state index in [1.807, 2.05) is 0 Å². The molecule has 0 aliphatic heterocycles. The normalized spacial score (nSPS) is 38.6. The molecule has 3 N–H and O–H groups in total. The highest BCUT2D eigenvalue weighted by atomic mass is 16.5. The summed E-state index contributed by atoms with van der Waals surface area (Å²) in [6, 6.07) is 0.367. The van der Waals surface area contributed by atoms with E-state index in [1.165, 1.54) is 25.7 Å². The maximum Gasteiger partial charge on any atom is 0.220 e. The first-order chi connectivity index (χ1) is 10.2. The molecule has 120 valence electrons. The van der Waals surface area contributed by atoms with Crippen molar-refractivity contribution in [2.75, 3.05) is 13.2 Å². The maximum absolute atomic E-state index is 12.0. The van der Waals surface area contributed by atoms with E-state index in [0.717, 1.165) is 43.9 Å². The van der Waals surface area contributed by atoms with Gasteiger partial charge in [0.25, 0.3) is 0 Å². The number of nitrogens with two attached hydrogens (primary N) is 1. The van der Waals surface area contributed by atoms with E-state index in [2.05, 4.69) is 5.32 Å². The third-order valence-corrected chi connectivity index (χ3v) is 5.83. The first-order valence-corrected chi connectivity index (χ1v) is 8.84. The fraction of sp³-hybridized carbons (Fsp3) is 0.941. The van der Waals surface area contributed by atoms with Gasteiger partial charge in [-0.2, -0.15) is 0 Å². The molecule has 0 aromatic heterocycles. The van der Waals surface area contributed by atoms with Crippen LogP contribution < -0.4 is 11.1 Å². The Morgan fingerprint density at radius 1 is 1.10 bits per heavy atom. The molecule has 3 fully saturated rings. The SMILES string of the molecule is NC1CCC(OCCNC(=O)CC2CC3CCC2C3)CC1. The maximum atomic E-state index is 12.0. The van der Waals surface area contributed by atoms with Gasteiger partial charge >= 0.3 is 0 Å². The molecule has 3 aliphatic carbocycles. The van der Waals surface area contributed by atoms with Crippen LogP contribution in [0.25, 0.3) is 0 Å². The summed E-state index contributed by atoms with van der Waals surface area (Å²) < 4.78 is 5.83. The zero-order valence-electron chi connectivity index (χ0n) is 13.1. The summed E-state index contributed by atoms with van der Waals surface area (Å²) in [5.74, 6) is 2.64. The fourth-order valence-electron chi connectivity index (χ4n) is 4.61. The van der Waals surface area contributed by atoms with Gasteiger partial charge in [0.05, 0.1) is 12.7 Å². The molecule has 0 spiro atoms. The molecule has 0 aromatic carbocycles. The zero-order valence-corrected chi connectivity index (χ0v) is 13.1. The third kappa shape index (κ3) is 4.19. The number of carbonyl (C=O) groups excluding carboxylic acids is 1. The molecule has 0 saturated heterocycles. The number of nitrogens with one attached hydrogen (secondary N) is 1. The van der Waals surface area contributed by atoms with Crippen LogP contribution in [0.4, 0.5) is 0 Å². The highest BCUT2D eigenvalue weighted by Crippen LogP contribution is 2.49. The van der Waals surface area contributed by atoms with E-state index in [-0.39, 0.29) is 5.91 Å².